The summed E-state index contributed by atoms with van der Waals surface area (Å²) in [6.07, 6.45) is 2.19. The van der Waals surface area contributed by atoms with Gasteiger partial charge in [0.25, 0.3) is 0 Å². The van der Waals surface area contributed by atoms with Crippen LogP contribution in [0.15, 0.2) is 42.6 Å². The van der Waals surface area contributed by atoms with E-state index in [0.717, 1.165) is 50.0 Å². The van der Waals surface area contributed by atoms with Crippen LogP contribution in [0.25, 0.3) is 0 Å². The van der Waals surface area contributed by atoms with Crippen molar-refractivity contribution >= 4 is 5.82 Å². The second-order valence-corrected chi connectivity index (χ2v) is 6.86. The van der Waals surface area contributed by atoms with Crippen molar-refractivity contribution in [3.8, 4) is 0 Å². The normalized spacial score (nSPS) is 26.5. The fourth-order valence-corrected chi connectivity index (χ4v) is 3.84. The highest BCUT2D eigenvalue weighted by Gasteiger charge is 2.43. The van der Waals surface area contributed by atoms with Crippen molar-refractivity contribution in [1.82, 2.24) is 14.9 Å². The lowest BCUT2D eigenvalue weighted by atomic mass is 9.93. The van der Waals surface area contributed by atoms with Crippen LogP contribution in [0.3, 0.4) is 0 Å². The maximum atomic E-state index is 6.05. The Balaban J connectivity index is 1.33. The van der Waals surface area contributed by atoms with Crippen molar-refractivity contribution in [2.45, 2.75) is 19.6 Å². The van der Waals surface area contributed by atoms with E-state index in [9.17, 15) is 0 Å². The number of fused-ring (bicyclic) bond motifs is 1. The number of likely N-dealkylation sites (tertiary alicyclic amines) is 1. The maximum Gasteiger partial charge on any atom is 0.125 e. The van der Waals surface area contributed by atoms with Gasteiger partial charge in [0.15, 0.2) is 0 Å². The van der Waals surface area contributed by atoms with Crippen molar-refractivity contribution in [1.29, 1.82) is 0 Å². The van der Waals surface area contributed by atoms with Gasteiger partial charge in [-0.05, 0) is 31.2 Å². The van der Waals surface area contributed by atoms with Crippen LogP contribution in [0, 0.1) is 18.8 Å². The third-order valence-electron chi connectivity index (χ3n) is 5.06. The van der Waals surface area contributed by atoms with Crippen LogP contribution >= 0.6 is 0 Å². The summed E-state index contributed by atoms with van der Waals surface area (Å²) in [5.74, 6) is 2.10. The Hall–Kier alpha value is -1.98. The van der Waals surface area contributed by atoms with Gasteiger partial charge in [-0.2, -0.15) is 0 Å². The summed E-state index contributed by atoms with van der Waals surface area (Å²) in [6, 6.07) is 12.2. The zero-order valence-corrected chi connectivity index (χ0v) is 14.1. The van der Waals surface area contributed by atoms with Crippen LogP contribution in [0.2, 0.25) is 0 Å². The van der Waals surface area contributed by atoms with Crippen LogP contribution in [0.4, 0.5) is 5.82 Å². The predicted octanol–water partition coefficient (Wildman–Crippen LogP) is 2.34. The van der Waals surface area contributed by atoms with E-state index >= 15 is 0 Å². The lowest BCUT2D eigenvalue weighted by Crippen LogP contribution is -2.27. The minimum Gasteiger partial charge on any atom is -0.376 e. The topological polar surface area (TPSA) is 50.3 Å². The van der Waals surface area contributed by atoms with Crippen LogP contribution in [-0.4, -0.2) is 47.2 Å². The van der Waals surface area contributed by atoms with Gasteiger partial charge >= 0.3 is 0 Å². The lowest BCUT2D eigenvalue weighted by molar-refractivity contribution is 0.0944. The summed E-state index contributed by atoms with van der Waals surface area (Å²) >= 11 is 0. The second kappa shape index (κ2) is 6.87. The van der Waals surface area contributed by atoms with Crippen molar-refractivity contribution in [3.05, 3.63) is 54.0 Å². The zero-order valence-electron chi connectivity index (χ0n) is 14.1. The number of hydrogen-bond donors (Lipinski definition) is 1. The number of ether oxygens (including phenoxy) is 1. The molecule has 5 nitrogen and oxygen atoms in total. The molecular formula is C19H24N4O. The van der Waals surface area contributed by atoms with E-state index in [1.807, 2.05) is 37.4 Å². The molecule has 0 unspecified atom stereocenters. The van der Waals surface area contributed by atoms with Gasteiger partial charge in [0.1, 0.15) is 5.82 Å². The Morgan fingerprint density at radius 3 is 3.00 bits per heavy atom. The quantitative estimate of drug-likeness (QED) is 0.915. The van der Waals surface area contributed by atoms with E-state index in [4.69, 9.17) is 4.74 Å². The number of nitrogens with zero attached hydrogens (tertiary/aromatic N) is 3. The smallest absolute Gasteiger partial charge is 0.125 e. The number of rotatable bonds is 5. The van der Waals surface area contributed by atoms with Crippen molar-refractivity contribution in [2.24, 2.45) is 11.8 Å². The fraction of sp³-hybridized carbons (Fsp3) is 0.474. The van der Waals surface area contributed by atoms with Gasteiger partial charge in [0, 0.05) is 49.9 Å². The van der Waals surface area contributed by atoms with Gasteiger partial charge in [-0.3, -0.25) is 9.88 Å². The van der Waals surface area contributed by atoms with Crippen molar-refractivity contribution < 1.29 is 4.74 Å². The van der Waals surface area contributed by atoms with E-state index in [1.165, 1.54) is 0 Å². The van der Waals surface area contributed by atoms with Crippen molar-refractivity contribution in [3.63, 3.8) is 0 Å². The highest BCUT2D eigenvalue weighted by Crippen LogP contribution is 2.34. The molecule has 4 rings (SSSR count). The van der Waals surface area contributed by atoms with Gasteiger partial charge in [-0.1, -0.05) is 12.1 Å². The van der Waals surface area contributed by atoms with Gasteiger partial charge < -0.3 is 10.1 Å². The minimum absolute atomic E-state index is 0.366. The molecule has 2 saturated heterocycles. The Morgan fingerprint density at radius 1 is 1.21 bits per heavy atom. The lowest BCUT2D eigenvalue weighted by Gasteiger charge is -2.20. The Bertz CT molecular complexity index is 678. The first kappa shape index (κ1) is 15.5. The van der Waals surface area contributed by atoms with E-state index < -0.39 is 0 Å². The third kappa shape index (κ3) is 3.42. The van der Waals surface area contributed by atoms with Crippen molar-refractivity contribution in [2.75, 3.05) is 31.6 Å². The number of nitrogens with one attached hydrogen (secondary N) is 1. The molecule has 2 aliphatic heterocycles. The predicted molar refractivity (Wildman–Crippen MR) is 93.7 cm³/mol. The average molecular weight is 324 g/mol. The molecule has 0 bridgehead atoms. The molecule has 2 aliphatic rings. The zero-order chi connectivity index (χ0) is 16.4. The SMILES string of the molecule is Cc1cccc(CN2C[C@@H]3[C@H](CNc4ccccn4)CO[C@@H]3C2)n1. The largest absolute Gasteiger partial charge is 0.376 e. The van der Waals surface area contributed by atoms with E-state index in [0.29, 0.717) is 17.9 Å². The summed E-state index contributed by atoms with van der Waals surface area (Å²) in [7, 11) is 0. The summed E-state index contributed by atoms with van der Waals surface area (Å²) in [5.41, 5.74) is 2.23. The number of aryl methyl sites for hydroxylation is 1. The molecule has 4 heterocycles. The Labute approximate surface area is 143 Å². The fourth-order valence-electron chi connectivity index (χ4n) is 3.84. The molecule has 3 atom stereocenters. The first-order valence-electron chi connectivity index (χ1n) is 8.69. The number of hydrogen-bond acceptors (Lipinski definition) is 5. The summed E-state index contributed by atoms with van der Waals surface area (Å²) in [4.78, 5) is 11.4. The molecule has 2 fully saturated rings. The molecule has 0 aliphatic carbocycles. The molecule has 24 heavy (non-hydrogen) atoms. The Morgan fingerprint density at radius 2 is 2.17 bits per heavy atom. The Kier molecular flexibility index (Phi) is 4.45. The second-order valence-electron chi connectivity index (χ2n) is 6.86. The molecule has 1 N–H and O–H groups in total. The van der Waals surface area contributed by atoms with Crippen LogP contribution in [-0.2, 0) is 11.3 Å². The molecule has 5 heteroatoms. The molecule has 0 radical (unpaired) electrons. The van der Waals surface area contributed by atoms with E-state index in [-0.39, 0.29) is 0 Å². The molecule has 0 amide bonds. The van der Waals surface area contributed by atoms with E-state index in [2.05, 4.69) is 32.3 Å². The van der Waals surface area contributed by atoms with E-state index in [1.54, 1.807) is 0 Å². The van der Waals surface area contributed by atoms with Crippen LogP contribution in [0.1, 0.15) is 11.4 Å². The highest BCUT2D eigenvalue weighted by molar-refractivity contribution is 5.33. The molecular weight excluding hydrogens is 300 g/mol. The first-order chi connectivity index (χ1) is 11.8. The molecule has 2 aromatic rings. The maximum absolute atomic E-state index is 6.05. The van der Waals surface area contributed by atoms with Gasteiger partial charge in [-0.15, -0.1) is 0 Å². The summed E-state index contributed by atoms with van der Waals surface area (Å²) in [5, 5.41) is 3.45. The average Bonchev–Trinajstić information content (AvgIpc) is 3.14. The standard InChI is InChI=1S/C19H24N4O/c1-14-5-4-6-16(22-14)10-23-11-17-15(13-24-18(17)12-23)9-21-19-7-2-3-8-20-19/h2-8,15,17-18H,9-13H2,1H3,(H,20,21)/t15-,17-,18-/m1/s1. The minimum atomic E-state index is 0.366. The number of pyridine rings is 2. The molecule has 126 valence electrons. The van der Waals surface area contributed by atoms with Crippen LogP contribution < -0.4 is 5.32 Å². The summed E-state index contributed by atoms with van der Waals surface area (Å²) in [6.45, 7) is 6.85. The highest BCUT2D eigenvalue weighted by atomic mass is 16.5. The van der Waals surface area contributed by atoms with Crippen LogP contribution in [0.5, 0.6) is 0 Å². The van der Waals surface area contributed by atoms with Gasteiger partial charge in [0.05, 0.1) is 18.4 Å². The van der Waals surface area contributed by atoms with Gasteiger partial charge in [0.2, 0.25) is 0 Å². The monoisotopic (exact) mass is 324 g/mol. The molecule has 2 aromatic heterocycles. The molecule has 0 aromatic carbocycles. The summed E-state index contributed by atoms with van der Waals surface area (Å²) < 4.78 is 6.05. The third-order valence-corrected chi connectivity index (χ3v) is 5.06. The molecule has 0 saturated carbocycles. The van der Waals surface area contributed by atoms with Gasteiger partial charge in [-0.25, -0.2) is 4.98 Å². The number of aromatic nitrogens is 2. The molecule has 0 spiro atoms. The number of anilines is 1. The first-order valence-corrected chi connectivity index (χ1v) is 8.69.